The molecule has 0 spiro atoms. The lowest BCUT2D eigenvalue weighted by molar-refractivity contribution is 0.0627. The number of ether oxygens (including phenoxy) is 1. The van der Waals surface area contributed by atoms with Gasteiger partial charge in [0.05, 0.1) is 19.2 Å². The molecule has 0 unspecified atom stereocenters. The SMILES string of the molecule is COc1cccc(-c2nn(Cc3ccccc3)cc2C(=O)N2CCN(CCN3CCCC3)CC2)c1. The highest BCUT2D eigenvalue weighted by Crippen LogP contribution is 2.27. The molecule has 3 aromatic rings. The topological polar surface area (TPSA) is 53.8 Å². The predicted molar refractivity (Wildman–Crippen MR) is 138 cm³/mol. The second kappa shape index (κ2) is 11.1. The number of methoxy groups -OCH3 is 1. The summed E-state index contributed by atoms with van der Waals surface area (Å²) in [5.74, 6) is 0.812. The molecule has 7 heteroatoms. The van der Waals surface area contributed by atoms with E-state index in [1.807, 2.05) is 58.2 Å². The van der Waals surface area contributed by atoms with E-state index < -0.39 is 0 Å². The van der Waals surface area contributed by atoms with Crippen LogP contribution in [0, 0.1) is 0 Å². The van der Waals surface area contributed by atoms with Gasteiger partial charge in [0.15, 0.2) is 0 Å². The Kier molecular flexibility index (Phi) is 7.45. The van der Waals surface area contributed by atoms with Crippen molar-refractivity contribution in [1.29, 1.82) is 0 Å². The van der Waals surface area contributed by atoms with E-state index >= 15 is 0 Å². The number of hydrogen-bond donors (Lipinski definition) is 0. The summed E-state index contributed by atoms with van der Waals surface area (Å²) >= 11 is 0. The van der Waals surface area contributed by atoms with Crippen LogP contribution in [0.2, 0.25) is 0 Å². The standard InChI is InChI=1S/C28H35N5O2/c1-35-25-11-7-10-24(20-25)27-26(22-33(29-27)21-23-8-3-2-4-9-23)28(34)32-18-16-31(17-19-32)15-14-30-12-5-6-13-30/h2-4,7-11,20,22H,5-6,12-19,21H2,1H3. The number of carbonyl (C=O) groups is 1. The molecule has 0 atom stereocenters. The lowest BCUT2D eigenvalue weighted by atomic mass is 10.1. The largest absolute Gasteiger partial charge is 0.497 e. The molecule has 1 amide bonds. The van der Waals surface area contributed by atoms with Crippen molar-refractivity contribution >= 4 is 5.91 Å². The van der Waals surface area contributed by atoms with Crippen LogP contribution in [0.15, 0.2) is 60.8 Å². The first-order valence-electron chi connectivity index (χ1n) is 12.7. The summed E-state index contributed by atoms with van der Waals surface area (Å²) in [6.45, 7) is 8.66. The molecule has 0 saturated carbocycles. The van der Waals surface area contributed by atoms with Crippen molar-refractivity contribution in [3.63, 3.8) is 0 Å². The first-order chi connectivity index (χ1) is 17.2. The summed E-state index contributed by atoms with van der Waals surface area (Å²) < 4.78 is 7.31. The van der Waals surface area contributed by atoms with E-state index in [0.29, 0.717) is 17.8 Å². The van der Waals surface area contributed by atoms with Crippen molar-refractivity contribution in [2.45, 2.75) is 19.4 Å². The maximum Gasteiger partial charge on any atom is 0.257 e. The molecule has 2 aromatic carbocycles. The molecule has 0 N–H and O–H groups in total. The van der Waals surface area contributed by atoms with Crippen molar-refractivity contribution in [2.24, 2.45) is 0 Å². The van der Waals surface area contributed by atoms with E-state index in [0.717, 1.165) is 56.1 Å². The lowest BCUT2D eigenvalue weighted by Crippen LogP contribution is -2.50. The molecule has 7 nitrogen and oxygen atoms in total. The zero-order valence-electron chi connectivity index (χ0n) is 20.6. The van der Waals surface area contributed by atoms with Crippen LogP contribution in [0.1, 0.15) is 28.8 Å². The third-order valence-electron chi connectivity index (χ3n) is 7.11. The molecule has 2 aliphatic rings. The zero-order valence-corrected chi connectivity index (χ0v) is 20.6. The molecule has 0 bridgehead atoms. The Hall–Kier alpha value is -3.16. The monoisotopic (exact) mass is 473 g/mol. The van der Waals surface area contributed by atoms with E-state index in [2.05, 4.69) is 21.9 Å². The van der Waals surface area contributed by atoms with E-state index in [9.17, 15) is 4.79 Å². The van der Waals surface area contributed by atoms with Gasteiger partial charge in [-0.05, 0) is 43.6 Å². The van der Waals surface area contributed by atoms with Gasteiger partial charge in [0.25, 0.3) is 5.91 Å². The number of piperazine rings is 1. The van der Waals surface area contributed by atoms with Gasteiger partial charge in [-0.2, -0.15) is 5.10 Å². The molecule has 0 aliphatic carbocycles. The van der Waals surface area contributed by atoms with Crippen LogP contribution in [0.5, 0.6) is 5.75 Å². The molecular formula is C28H35N5O2. The molecule has 1 aromatic heterocycles. The first kappa shape index (κ1) is 23.6. The maximum absolute atomic E-state index is 13.7. The third-order valence-corrected chi connectivity index (χ3v) is 7.11. The molecule has 184 valence electrons. The van der Waals surface area contributed by atoms with Gasteiger partial charge in [-0.3, -0.25) is 14.4 Å². The van der Waals surface area contributed by atoms with Gasteiger partial charge < -0.3 is 14.5 Å². The van der Waals surface area contributed by atoms with Crippen molar-refractivity contribution < 1.29 is 9.53 Å². The minimum absolute atomic E-state index is 0.0568. The summed E-state index contributed by atoms with van der Waals surface area (Å²) in [6, 6.07) is 18.0. The van der Waals surface area contributed by atoms with Gasteiger partial charge >= 0.3 is 0 Å². The van der Waals surface area contributed by atoms with Crippen LogP contribution in [0.25, 0.3) is 11.3 Å². The highest BCUT2D eigenvalue weighted by atomic mass is 16.5. The Morgan fingerprint density at radius 2 is 1.60 bits per heavy atom. The fourth-order valence-electron chi connectivity index (χ4n) is 5.05. The number of rotatable bonds is 8. The van der Waals surface area contributed by atoms with Gasteiger partial charge in [0, 0.05) is 51.0 Å². The second-order valence-electron chi connectivity index (χ2n) is 9.49. The van der Waals surface area contributed by atoms with Gasteiger partial charge in [-0.15, -0.1) is 0 Å². The highest BCUT2D eigenvalue weighted by molar-refractivity contribution is 6.00. The smallest absolute Gasteiger partial charge is 0.257 e. The van der Waals surface area contributed by atoms with Gasteiger partial charge in [0.1, 0.15) is 11.4 Å². The molecule has 2 saturated heterocycles. The number of hydrogen-bond acceptors (Lipinski definition) is 5. The number of amides is 1. The lowest BCUT2D eigenvalue weighted by Gasteiger charge is -2.35. The van der Waals surface area contributed by atoms with Crippen LogP contribution in [-0.2, 0) is 6.54 Å². The van der Waals surface area contributed by atoms with Crippen molar-refractivity contribution in [2.75, 3.05) is 59.5 Å². The van der Waals surface area contributed by atoms with Crippen molar-refractivity contribution in [3.05, 3.63) is 71.9 Å². The van der Waals surface area contributed by atoms with E-state index in [-0.39, 0.29) is 5.91 Å². The van der Waals surface area contributed by atoms with Gasteiger partial charge in [-0.1, -0.05) is 42.5 Å². The van der Waals surface area contributed by atoms with E-state index in [4.69, 9.17) is 9.84 Å². The normalized spacial score (nSPS) is 17.1. The summed E-state index contributed by atoms with van der Waals surface area (Å²) in [4.78, 5) is 20.7. The summed E-state index contributed by atoms with van der Waals surface area (Å²) in [5, 5.41) is 4.85. The number of aromatic nitrogens is 2. The molecular weight excluding hydrogens is 438 g/mol. The molecule has 3 heterocycles. The first-order valence-corrected chi connectivity index (χ1v) is 12.7. The second-order valence-corrected chi connectivity index (χ2v) is 9.49. The Balaban J connectivity index is 1.32. The predicted octanol–water partition coefficient (Wildman–Crippen LogP) is 3.46. The van der Waals surface area contributed by atoms with Crippen LogP contribution in [0.4, 0.5) is 0 Å². The molecule has 35 heavy (non-hydrogen) atoms. The van der Waals surface area contributed by atoms with Crippen LogP contribution >= 0.6 is 0 Å². The minimum Gasteiger partial charge on any atom is -0.497 e. The van der Waals surface area contributed by atoms with Crippen molar-refractivity contribution in [3.8, 4) is 17.0 Å². The highest BCUT2D eigenvalue weighted by Gasteiger charge is 2.27. The minimum atomic E-state index is 0.0568. The van der Waals surface area contributed by atoms with Crippen LogP contribution < -0.4 is 4.74 Å². The van der Waals surface area contributed by atoms with Gasteiger partial charge in [-0.25, -0.2) is 0 Å². The molecule has 2 aliphatic heterocycles. The van der Waals surface area contributed by atoms with E-state index in [1.165, 1.54) is 25.9 Å². The average molecular weight is 474 g/mol. The molecule has 0 radical (unpaired) electrons. The Labute approximate surface area is 207 Å². The molecule has 2 fully saturated rings. The molecule has 5 rings (SSSR count). The Morgan fingerprint density at radius 1 is 0.886 bits per heavy atom. The fraction of sp³-hybridized carbons (Fsp3) is 0.429. The van der Waals surface area contributed by atoms with Crippen LogP contribution in [0.3, 0.4) is 0 Å². The number of benzene rings is 2. The maximum atomic E-state index is 13.7. The Bertz CT molecular complexity index is 1120. The fourth-order valence-corrected chi connectivity index (χ4v) is 5.05. The summed E-state index contributed by atoms with van der Waals surface area (Å²) in [6.07, 6.45) is 4.57. The van der Waals surface area contributed by atoms with Crippen molar-refractivity contribution in [1.82, 2.24) is 24.5 Å². The number of carbonyl (C=O) groups excluding carboxylic acids is 1. The average Bonchev–Trinajstić information content (AvgIpc) is 3.58. The quantitative estimate of drug-likeness (QED) is 0.502. The van der Waals surface area contributed by atoms with Gasteiger partial charge in [0.2, 0.25) is 0 Å². The zero-order chi connectivity index (χ0) is 24.0. The third kappa shape index (κ3) is 5.74. The Morgan fingerprint density at radius 3 is 2.31 bits per heavy atom. The number of nitrogens with zero attached hydrogens (tertiary/aromatic N) is 5. The summed E-state index contributed by atoms with van der Waals surface area (Å²) in [5.41, 5.74) is 3.41. The van der Waals surface area contributed by atoms with E-state index in [1.54, 1.807) is 7.11 Å². The summed E-state index contributed by atoms with van der Waals surface area (Å²) in [7, 11) is 1.66. The number of likely N-dealkylation sites (tertiary alicyclic amines) is 1. The van der Waals surface area contributed by atoms with Crippen LogP contribution in [-0.4, -0.2) is 89.9 Å².